The number of para-hydroxylation sites is 1. The normalized spacial score (nSPS) is 12.8. The van der Waals surface area contributed by atoms with Crippen LogP contribution in [-0.4, -0.2) is 30.4 Å². The molecule has 2 aromatic rings. The zero-order chi connectivity index (χ0) is 17.7. The van der Waals surface area contributed by atoms with Crippen LogP contribution in [-0.2, 0) is 9.53 Å². The van der Waals surface area contributed by atoms with E-state index in [2.05, 4.69) is 0 Å². The van der Waals surface area contributed by atoms with E-state index in [0.717, 1.165) is 0 Å². The van der Waals surface area contributed by atoms with Gasteiger partial charge in [-0.1, -0.05) is 19.1 Å². The molecule has 0 bridgehead atoms. The number of carbonyl (C=O) groups is 1. The molecule has 0 aliphatic heterocycles. The molecule has 0 radical (unpaired) electrons. The molecule has 0 spiro atoms. The SMILES string of the molecule is CCC(C)(C)C(=O)OCC(O)COc1cc(=O)oc2ccccc12. The van der Waals surface area contributed by atoms with E-state index in [1.165, 1.54) is 6.07 Å². The molecule has 1 atom stereocenters. The van der Waals surface area contributed by atoms with Gasteiger partial charge < -0.3 is 19.0 Å². The Hall–Kier alpha value is -2.34. The van der Waals surface area contributed by atoms with E-state index in [4.69, 9.17) is 13.9 Å². The maximum atomic E-state index is 11.9. The van der Waals surface area contributed by atoms with Crippen LogP contribution in [0.5, 0.6) is 5.75 Å². The largest absolute Gasteiger partial charge is 0.490 e. The van der Waals surface area contributed by atoms with Crippen molar-refractivity contribution >= 4 is 16.9 Å². The average molecular weight is 334 g/mol. The van der Waals surface area contributed by atoms with Gasteiger partial charge in [0.25, 0.3) is 0 Å². The fraction of sp³-hybridized carbons (Fsp3) is 0.444. The molecular weight excluding hydrogens is 312 g/mol. The third kappa shape index (κ3) is 4.35. The minimum atomic E-state index is -0.993. The Morgan fingerprint density at radius 2 is 2.00 bits per heavy atom. The molecule has 0 fully saturated rings. The first kappa shape index (κ1) is 18.0. The zero-order valence-electron chi connectivity index (χ0n) is 14.1. The molecule has 6 nitrogen and oxygen atoms in total. The number of rotatable bonds is 7. The highest BCUT2D eigenvalue weighted by molar-refractivity contribution is 5.82. The Bertz CT molecular complexity index is 761. The van der Waals surface area contributed by atoms with Crippen LogP contribution < -0.4 is 10.4 Å². The quantitative estimate of drug-likeness (QED) is 0.618. The van der Waals surface area contributed by atoms with Crippen molar-refractivity contribution in [3.05, 3.63) is 40.8 Å². The van der Waals surface area contributed by atoms with Crippen molar-refractivity contribution in [2.45, 2.75) is 33.3 Å². The van der Waals surface area contributed by atoms with Gasteiger partial charge in [0.05, 0.1) is 16.9 Å². The number of benzene rings is 1. The molecule has 130 valence electrons. The predicted molar refractivity (Wildman–Crippen MR) is 89.0 cm³/mol. The van der Waals surface area contributed by atoms with Crippen molar-refractivity contribution < 1.29 is 23.8 Å². The zero-order valence-corrected chi connectivity index (χ0v) is 14.1. The lowest BCUT2D eigenvalue weighted by molar-refractivity contribution is -0.157. The number of hydrogen-bond acceptors (Lipinski definition) is 6. The number of fused-ring (bicyclic) bond motifs is 1. The molecule has 6 heteroatoms. The summed E-state index contributed by atoms with van der Waals surface area (Å²) < 4.78 is 15.7. The van der Waals surface area contributed by atoms with Gasteiger partial charge in [0.1, 0.15) is 30.7 Å². The standard InChI is InChI=1S/C18H22O6/c1-4-18(2,3)17(21)23-11-12(19)10-22-15-9-16(20)24-14-8-6-5-7-13(14)15/h5-9,12,19H,4,10-11H2,1-3H3. The molecule has 1 aromatic heterocycles. The van der Waals surface area contributed by atoms with Crippen molar-refractivity contribution in [2.24, 2.45) is 5.41 Å². The second-order valence-corrected chi connectivity index (χ2v) is 6.23. The first-order chi connectivity index (χ1) is 11.3. The summed E-state index contributed by atoms with van der Waals surface area (Å²) in [7, 11) is 0. The summed E-state index contributed by atoms with van der Waals surface area (Å²) in [6.07, 6.45) is -0.350. The van der Waals surface area contributed by atoms with Gasteiger partial charge in [-0.3, -0.25) is 4.79 Å². The van der Waals surface area contributed by atoms with Crippen molar-refractivity contribution in [2.75, 3.05) is 13.2 Å². The number of aliphatic hydroxyl groups is 1. The summed E-state index contributed by atoms with van der Waals surface area (Å²) >= 11 is 0. The minimum Gasteiger partial charge on any atom is -0.490 e. The highest BCUT2D eigenvalue weighted by Gasteiger charge is 2.27. The highest BCUT2D eigenvalue weighted by atomic mass is 16.5. The monoisotopic (exact) mass is 334 g/mol. The molecule has 0 aliphatic rings. The van der Waals surface area contributed by atoms with Gasteiger partial charge in [0, 0.05) is 0 Å². The van der Waals surface area contributed by atoms with Crippen LogP contribution in [0, 0.1) is 5.41 Å². The molecule has 0 saturated heterocycles. The Kier molecular flexibility index (Phi) is 5.62. The van der Waals surface area contributed by atoms with Crippen LogP contribution in [0.3, 0.4) is 0 Å². The number of aliphatic hydroxyl groups excluding tert-OH is 1. The molecule has 1 N–H and O–H groups in total. The summed E-state index contributed by atoms with van der Waals surface area (Å²) in [5.74, 6) is -0.0454. The van der Waals surface area contributed by atoms with E-state index >= 15 is 0 Å². The van der Waals surface area contributed by atoms with Crippen molar-refractivity contribution in [3.63, 3.8) is 0 Å². The van der Waals surface area contributed by atoms with E-state index in [1.54, 1.807) is 38.1 Å². The Labute approximate surface area is 140 Å². The van der Waals surface area contributed by atoms with E-state index in [0.29, 0.717) is 23.1 Å². The topological polar surface area (TPSA) is 86.0 Å². The van der Waals surface area contributed by atoms with Crippen molar-refractivity contribution in [1.82, 2.24) is 0 Å². The van der Waals surface area contributed by atoms with Gasteiger partial charge in [0.2, 0.25) is 0 Å². The van der Waals surface area contributed by atoms with Gasteiger partial charge >= 0.3 is 11.6 Å². The maximum Gasteiger partial charge on any atom is 0.339 e. The Balaban J connectivity index is 1.96. The van der Waals surface area contributed by atoms with Gasteiger partial charge in [-0.05, 0) is 32.4 Å². The number of esters is 1. The number of carbonyl (C=O) groups excluding carboxylic acids is 1. The second kappa shape index (κ2) is 7.49. The first-order valence-corrected chi connectivity index (χ1v) is 7.84. The van der Waals surface area contributed by atoms with Gasteiger partial charge in [-0.2, -0.15) is 0 Å². The van der Waals surface area contributed by atoms with Gasteiger partial charge in [-0.15, -0.1) is 0 Å². The average Bonchev–Trinajstić information content (AvgIpc) is 2.57. The molecule has 1 aromatic carbocycles. The lowest BCUT2D eigenvalue weighted by Gasteiger charge is -2.21. The molecule has 24 heavy (non-hydrogen) atoms. The number of ether oxygens (including phenoxy) is 2. The minimum absolute atomic E-state index is 0.104. The third-order valence-corrected chi connectivity index (χ3v) is 3.89. The van der Waals surface area contributed by atoms with Crippen LogP contribution in [0.15, 0.2) is 39.5 Å². The van der Waals surface area contributed by atoms with E-state index in [-0.39, 0.29) is 19.2 Å². The number of hydrogen-bond donors (Lipinski definition) is 1. The summed E-state index contributed by atoms with van der Waals surface area (Å²) in [5, 5.41) is 10.6. The predicted octanol–water partition coefficient (Wildman–Crippen LogP) is 2.51. The van der Waals surface area contributed by atoms with E-state index in [1.807, 2.05) is 6.92 Å². The Morgan fingerprint density at radius 3 is 2.71 bits per heavy atom. The second-order valence-electron chi connectivity index (χ2n) is 6.23. The van der Waals surface area contributed by atoms with Gasteiger partial charge in [-0.25, -0.2) is 4.79 Å². The lowest BCUT2D eigenvalue weighted by atomic mass is 9.91. The summed E-state index contributed by atoms with van der Waals surface area (Å²) in [4.78, 5) is 23.4. The van der Waals surface area contributed by atoms with Crippen LogP contribution >= 0.6 is 0 Å². The van der Waals surface area contributed by atoms with E-state index in [9.17, 15) is 14.7 Å². The molecule has 1 unspecified atom stereocenters. The smallest absolute Gasteiger partial charge is 0.339 e. The van der Waals surface area contributed by atoms with Crippen molar-refractivity contribution in [3.8, 4) is 5.75 Å². The molecule has 0 aliphatic carbocycles. The summed E-state index contributed by atoms with van der Waals surface area (Å²) in [5.41, 5.74) is -0.713. The maximum absolute atomic E-state index is 11.9. The van der Waals surface area contributed by atoms with Crippen LogP contribution in [0.1, 0.15) is 27.2 Å². The molecule has 0 saturated carbocycles. The van der Waals surface area contributed by atoms with Gasteiger partial charge in [0.15, 0.2) is 0 Å². The molecule has 1 heterocycles. The highest BCUT2D eigenvalue weighted by Crippen LogP contribution is 2.24. The Morgan fingerprint density at radius 1 is 1.29 bits per heavy atom. The fourth-order valence-electron chi connectivity index (χ4n) is 1.95. The fourth-order valence-corrected chi connectivity index (χ4v) is 1.95. The van der Waals surface area contributed by atoms with Crippen LogP contribution in [0.25, 0.3) is 11.0 Å². The van der Waals surface area contributed by atoms with E-state index < -0.39 is 17.1 Å². The van der Waals surface area contributed by atoms with Crippen LogP contribution in [0.4, 0.5) is 0 Å². The third-order valence-electron chi connectivity index (χ3n) is 3.89. The van der Waals surface area contributed by atoms with Crippen LogP contribution in [0.2, 0.25) is 0 Å². The summed E-state index contributed by atoms with van der Waals surface area (Å²) in [6, 6.07) is 8.18. The first-order valence-electron chi connectivity index (χ1n) is 7.84. The van der Waals surface area contributed by atoms with Crippen molar-refractivity contribution in [1.29, 1.82) is 0 Å². The summed E-state index contributed by atoms with van der Waals surface area (Å²) in [6.45, 7) is 5.20. The molecule has 0 amide bonds. The lowest BCUT2D eigenvalue weighted by Crippen LogP contribution is -2.31. The molecular formula is C18H22O6. The molecule has 2 rings (SSSR count).